The summed E-state index contributed by atoms with van der Waals surface area (Å²) in [6, 6.07) is -1.27. The number of carbonyl (C=O) groups is 4. The lowest BCUT2D eigenvalue weighted by atomic mass is 9.56. The van der Waals surface area contributed by atoms with E-state index < -0.39 is 24.0 Å². The first kappa shape index (κ1) is 61.9. The molecular formula is C57H108N4O7. The fourth-order valence-corrected chi connectivity index (χ4v) is 11.0. The molecule has 11 nitrogen and oxygen atoms in total. The summed E-state index contributed by atoms with van der Waals surface area (Å²) in [5.41, 5.74) is 8.95. The van der Waals surface area contributed by atoms with Gasteiger partial charge in [-0.2, -0.15) is 0 Å². The van der Waals surface area contributed by atoms with Crippen molar-refractivity contribution in [3.63, 3.8) is 0 Å². The molecule has 0 bridgehead atoms. The maximum atomic E-state index is 13.3. The van der Waals surface area contributed by atoms with E-state index in [9.17, 15) is 24.3 Å². The lowest BCUT2D eigenvalue weighted by Crippen LogP contribution is -2.81. The first-order valence-electron chi connectivity index (χ1n) is 29.2. The number of hydrogen-bond acceptors (Lipinski definition) is 9. The number of primary amides is 1. The number of rotatable bonds is 50. The van der Waals surface area contributed by atoms with Gasteiger partial charge in [-0.3, -0.25) is 29.9 Å². The number of aliphatic carboxylic acids is 1. The Labute approximate surface area is 417 Å². The van der Waals surface area contributed by atoms with E-state index in [0.29, 0.717) is 44.4 Å². The van der Waals surface area contributed by atoms with Crippen LogP contribution in [0.5, 0.6) is 0 Å². The van der Waals surface area contributed by atoms with E-state index in [4.69, 9.17) is 15.2 Å². The van der Waals surface area contributed by atoms with Gasteiger partial charge < -0.3 is 20.3 Å². The number of amides is 1. The Morgan fingerprint density at radius 1 is 0.559 bits per heavy atom. The van der Waals surface area contributed by atoms with Gasteiger partial charge in [-0.15, -0.1) is 0 Å². The number of nitrogens with zero attached hydrogens (tertiary/aromatic N) is 1. The molecule has 0 aromatic rings. The Morgan fingerprint density at radius 2 is 0.956 bits per heavy atom. The minimum Gasteiger partial charge on any atom is -0.480 e. The van der Waals surface area contributed by atoms with Gasteiger partial charge in [0.05, 0.1) is 25.8 Å². The second kappa shape index (κ2) is 41.4. The van der Waals surface area contributed by atoms with Gasteiger partial charge in [0.2, 0.25) is 5.91 Å². The van der Waals surface area contributed by atoms with Gasteiger partial charge in [-0.05, 0) is 68.6 Å². The van der Waals surface area contributed by atoms with Crippen LogP contribution in [0.1, 0.15) is 272 Å². The van der Waals surface area contributed by atoms with Gasteiger partial charge in [0, 0.05) is 25.4 Å². The van der Waals surface area contributed by atoms with Crippen molar-refractivity contribution >= 4 is 23.8 Å². The highest BCUT2D eigenvalue weighted by Crippen LogP contribution is 2.53. The number of hydrogen-bond donors (Lipinski definition) is 4. The van der Waals surface area contributed by atoms with Crippen LogP contribution in [0, 0.1) is 23.7 Å². The standard InChI is InChI=1S/C57H108N4O7/c1-5-9-13-17-21-26-32-36-47(37-33-27-22-18-14-10-6-2)45-67-52(63)40-34-28-23-29-35-41-60-61-50-42-49(54(50)56(61)55(57(65)66)59-44-51(58)62)43-53(64)68-46-48(38-30-24-19-15-11-7-3)39-31-25-20-16-12-8-4/h47-50,54-56,59-60H,5-46H2,1-4H3,(H2,58,62)(H,65,66)/t49-,50-,54-,55-,56-/m1/s1. The molecule has 1 amide bonds. The van der Waals surface area contributed by atoms with Crippen molar-refractivity contribution in [1.82, 2.24) is 15.8 Å². The van der Waals surface area contributed by atoms with E-state index in [-0.39, 0.29) is 36.4 Å². The molecular weight excluding hydrogens is 853 g/mol. The molecule has 0 radical (unpaired) electrons. The molecule has 1 saturated carbocycles. The van der Waals surface area contributed by atoms with Gasteiger partial charge >= 0.3 is 17.9 Å². The van der Waals surface area contributed by atoms with E-state index >= 15 is 0 Å². The van der Waals surface area contributed by atoms with E-state index in [1.165, 1.54) is 180 Å². The lowest BCUT2D eigenvalue weighted by molar-refractivity contribution is -0.209. The molecule has 0 unspecified atom stereocenters. The zero-order chi connectivity index (χ0) is 49.5. The predicted molar refractivity (Wildman–Crippen MR) is 280 cm³/mol. The molecule has 5 atom stereocenters. The number of fused-ring (bicyclic) bond motifs is 1. The second-order valence-electron chi connectivity index (χ2n) is 21.4. The maximum Gasteiger partial charge on any atom is 0.322 e. The largest absolute Gasteiger partial charge is 0.480 e. The highest BCUT2D eigenvalue weighted by molar-refractivity contribution is 5.79. The molecule has 2 fully saturated rings. The summed E-state index contributed by atoms with van der Waals surface area (Å²) in [4.78, 5) is 50.4. The van der Waals surface area contributed by atoms with Crippen LogP contribution < -0.4 is 16.5 Å². The van der Waals surface area contributed by atoms with Crippen molar-refractivity contribution in [3.05, 3.63) is 0 Å². The average Bonchev–Trinajstić information content (AvgIpc) is 3.31. The topological polar surface area (TPSA) is 160 Å². The van der Waals surface area contributed by atoms with E-state index in [0.717, 1.165) is 51.4 Å². The molecule has 0 spiro atoms. The van der Waals surface area contributed by atoms with Crippen LogP contribution in [0.3, 0.4) is 0 Å². The van der Waals surface area contributed by atoms with Crippen LogP contribution in [-0.4, -0.2) is 78.4 Å². The van der Waals surface area contributed by atoms with Gasteiger partial charge in [0.15, 0.2) is 0 Å². The van der Waals surface area contributed by atoms with Gasteiger partial charge in [0.1, 0.15) is 6.04 Å². The van der Waals surface area contributed by atoms with E-state index in [1.54, 1.807) is 0 Å². The third-order valence-corrected chi connectivity index (χ3v) is 15.3. The number of nitrogens with one attached hydrogen (secondary N) is 2. The number of piperidine rings is 1. The number of hydrazine groups is 1. The number of carboxylic acid groups (broad SMARTS) is 1. The number of carbonyl (C=O) groups excluding carboxylic acids is 3. The molecule has 0 aromatic heterocycles. The molecule has 11 heteroatoms. The number of unbranched alkanes of at least 4 members (excludes halogenated alkanes) is 26. The van der Waals surface area contributed by atoms with Crippen LogP contribution in [0.15, 0.2) is 0 Å². The average molecular weight is 962 g/mol. The summed E-state index contributed by atoms with van der Waals surface area (Å²) in [6.07, 6.45) is 44.3. The summed E-state index contributed by atoms with van der Waals surface area (Å²) in [5.74, 6) is -0.955. The van der Waals surface area contributed by atoms with Crippen molar-refractivity contribution in [2.45, 2.75) is 290 Å². The third-order valence-electron chi connectivity index (χ3n) is 15.3. The number of nitrogens with two attached hydrogens (primary N) is 1. The predicted octanol–water partition coefficient (Wildman–Crippen LogP) is 13.5. The van der Waals surface area contributed by atoms with Crippen molar-refractivity contribution < 1.29 is 33.8 Å². The lowest BCUT2D eigenvalue weighted by Gasteiger charge is -2.66. The number of esters is 2. The van der Waals surface area contributed by atoms with Crippen molar-refractivity contribution in [2.75, 3.05) is 26.3 Å². The molecule has 1 aliphatic carbocycles. The van der Waals surface area contributed by atoms with Crippen molar-refractivity contribution in [2.24, 2.45) is 29.4 Å². The molecule has 2 rings (SSSR count). The highest BCUT2D eigenvalue weighted by Gasteiger charge is 2.63. The highest BCUT2D eigenvalue weighted by atomic mass is 16.5. The van der Waals surface area contributed by atoms with Crippen LogP contribution in [0.4, 0.5) is 0 Å². The first-order chi connectivity index (χ1) is 33.2. The normalized spacial score (nSPS) is 18.3. The summed E-state index contributed by atoms with van der Waals surface area (Å²) < 4.78 is 11.8. The Bertz CT molecular complexity index is 1240. The quantitative estimate of drug-likeness (QED) is 0.0341. The fraction of sp³-hybridized carbons (Fsp3) is 0.930. The molecule has 1 saturated heterocycles. The minimum atomic E-state index is -1.03. The molecule has 0 aromatic carbocycles. The molecule has 1 aliphatic heterocycles. The summed E-state index contributed by atoms with van der Waals surface area (Å²) in [7, 11) is 0. The van der Waals surface area contributed by atoms with Crippen LogP contribution in [0.25, 0.3) is 0 Å². The SMILES string of the molecule is CCCCCCCCCC(CCCCCCCCC)COC(=O)CCCCCCCNN1[C@@H]([C@@H](NCC(N)=O)C(=O)O)[C@@H]2[C@@H](CC(=O)OCC(CCCCCCCC)CCCCCCCC)C[C@H]21. The Balaban J connectivity index is 1.78. The fourth-order valence-electron chi connectivity index (χ4n) is 11.0. The van der Waals surface area contributed by atoms with Gasteiger partial charge in [-0.1, -0.05) is 214 Å². The Morgan fingerprint density at radius 3 is 1.38 bits per heavy atom. The Hall–Kier alpha value is -2.24. The van der Waals surface area contributed by atoms with Crippen LogP contribution in [-0.2, 0) is 28.7 Å². The monoisotopic (exact) mass is 961 g/mol. The van der Waals surface area contributed by atoms with Crippen LogP contribution >= 0.6 is 0 Å². The zero-order valence-corrected chi connectivity index (χ0v) is 44.7. The van der Waals surface area contributed by atoms with Gasteiger partial charge in [-0.25, -0.2) is 5.01 Å². The first-order valence-corrected chi connectivity index (χ1v) is 29.2. The maximum absolute atomic E-state index is 13.3. The van der Waals surface area contributed by atoms with Crippen molar-refractivity contribution in [1.29, 1.82) is 0 Å². The summed E-state index contributed by atoms with van der Waals surface area (Å²) in [5, 5.41) is 15.2. The molecule has 398 valence electrons. The molecule has 2 aliphatic rings. The minimum absolute atomic E-state index is 0.00856. The van der Waals surface area contributed by atoms with Gasteiger partial charge in [0.25, 0.3) is 0 Å². The smallest absolute Gasteiger partial charge is 0.322 e. The van der Waals surface area contributed by atoms with Crippen LogP contribution in [0.2, 0.25) is 0 Å². The second-order valence-corrected chi connectivity index (χ2v) is 21.4. The Kier molecular flexibility index (Phi) is 37.7. The number of ether oxygens (including phenoxy) is 2. The zero-order valence-electron chi connectivity index (χ0n) is 44.7. The van der Waals surface area contributed by atoms with E-state index in [2.05, 4.69) is 43.4 Å². The molecule has 1 heterocycles. The van der Waals surface area contributed by atoms with Crippen molar-refractivity contribution in [3.8, 4) is 0 Å². The molecule has 68 heavy (non-hydrogen) atoms. The summed E-state index contributed by atoms with van der Waals surface area (Å²) in [6.45, 7) is 10.5. The summed E-state index contributed by atoms with van der Waals surface area (Å²) >= 11 is 0. The molecule has 5 N–H and O–H groups in total. The van der Waals surface area contributed by atoms with E-state index in [1.807, 2.05) is 0 Å². The third kappa shape index (κ3) is 28.6. The number of carboxylic acids is 1.